The highest BCUT2D eigenvalue weighted by atomic mass is 35.5. The highest BCUT2D eigenvalue weighted by Crippen LogP contribution is 2.26. The van der Waals surface area contributed by atoms with Gasteiger partial charge in [-0.1, -0.05) is 25.4 Å². The van der Waals surface area contributed by atoms with Gasteiger partial charge in [0.05, 0.1) is 11.6 Å². The molecule has 0 fully saturated rings. The summed E-state index contributed by atoms with van der Waals surface area (Å²) in [5.74, 6) is 1.35. The number of hydrogen-bond acceptors (Lipinski definition) is 3. The van der Waals surface area contributed by atoms with Crippen LogP contribution < -0.4 is 4.90 Å². The average molecular weight is 257 g/mol. The first-order valence-corrected chi connectivity index (χ1v) is 6.35. The summed E-state index contributed by atoms with van der Waals surface area (Å²) in [5, 5.41) is 9.64. The Kier molecular flexibility index (Phi) is 5.22. The van der Waals surface area contributed by atoms with Crippen LogP contribution in [0.5, 0.6) is 0 Å². The molecule has 1 aromatic heterocycles. The number of anilines is 1. The lowest BCUT2D eigenvalue weighted by Gasteiger charge is -2.30. The van der Waals surface area contributed by atoms with Gasteiger partial charge in [0.15, 0.2) is 0 Å². The van der Waals surface area contributed by atoms with Gasteiger partial charge in [0.2, 0.25) is 0 Å². The van der Waals surface area contributed by atoms with E-state index in [1.54, 1.807) is 12.3 Å². The fourth-order valence-electron chi connectivity index (χ4n) is 1.70. The number of aliphatic hydroxyl groups excluding tert-OH is 1. The van der Waals surface area contributed by atoms with E-state index in [1.165, 1.54) is 0 Å². The first-order chi connectivity index (χ1) is 7.95. The summed E-state index contributed by atoms with van der Waals surface area (Å²) in [5.41, 5.74) is 0.743. The second-order valence-corrected chi connectivity index (χ2v) is 5.35. The minimum Gasteiger partial charge on any atom is -0.392 e. The van der Waals surface area contributed by atoms with E-state index in [-0.39, 0.29) is 6.61 Å². The normalized spacial score (nSPS) is 11.3. The van der Waals surface area contributed by atoms with Crippen molar-refractivity contribution in [3.05, 3.63) is 22.8 Å². The molecule has 0 saturated heterocycles. The first-order valence-electron chi connectivity index (χ1n) is 5.97. The molecule has 3 nitrogen and oxygen atoms in total. The van der Waals surface area contributed by atoms with Gasteiger partial charge in [-0.05, 0) is 31.4 Å². The summed E-state index contributed by atoms with van der Waals surface area (Å²) in [7, 11) is 0. The van der Waals surface area contributed by atoms with Crippen LogP contribution in [0.2, 0.25) is 5.02 Å². The number of aromatic nitrogens is 1. The zero-order valence-electron chi connectivity index (χ0n) is 10.9. The molecule has 0 amide bonds. The van der Waals surface area contributed by atoms with Gasteiger partial charge in [-0.3, -0.25) is 0 Å². The summed E-state index contributed by atoms with van der Waals surface area (Å²) in [6.45, 7) is 9.49. The molecule has 1 heterocycles. The van der Waals surface area contributed by atoms with Gasteiger partial charge in [0.1, 0.15) is 5.82 Å². The number of rotatable bonds is 5. The molecule has 0 bridgehead atoms. The monoisotopic (exact) mass is 256 g/mol. The molecule has 17 heavy (non-hydrogen) atoms. The Morgan fingerprint density at radius 1 is 1.35 bits per heavy atom. The van der Waals surface area contributed by atoms with Crippen LogP contribution in [-0.2, 0) is 6.61 Å². The molecular weight excluding hydrogens is 236 g/mol. The SMILES string of the molecule is CC(C)CN(c1ncc(CO)cc1Cl)C(C)C. The van der Waals surface area contributed by atoms with Gasteiger partial charge in [-0.2, -0.15) is 0 Å². The zero-order chi connectivity index (χ0) is 13.0. The Balaban J connectivity index is 3.01. The van der Waals surface area contributed by atoms with Gasteiger partial charge >= 0.3 is 0 Å². The lowest BCUT2D eigenvalue weighted by atomic mass is 10.1. The third kappa shape index (κ3) is 3.86. The Labute approximate surface area is 108 Å². The van der Waals surface area contributed by atoms with E-state index in [0.29, 0.717) is 17.0 Å². The fourth-order valence-corrected chi connectivity index (χ4v) is 2.00. The highest BCUT2D eigenvalue weighted by molar-refractivity contribution is 6.33. The van der Waals surface area contributed by atoms with Crippen molar-refractivity contribution in [2.45, 2.75) is 40.3 Å². The maximum Gasteiger partial charge on any atom is 0.147 e. The van der Waals surface area contributed by atoms with Crippen LogP contribution in [0.25, 0.3) is 0 Å². The zero-order valence-corrected chi connectivity index (χ0v) is 11.7. The lowest BCUT2D eigenvalue weighted by Crippen LogP contribution is -2.35. The molecular formula is C13H21ClN2O. The number of nitrogens with zero attached hydrogens (tertiary/aromatic N) is 2. The molecule has 96 valence electrons. The van der Waals surface area contributed by atoms with Crippen LogP contribution in [0.3, 0.4) is 0 Å². The molecule has 0 aliphatic rings. The molecule has 1 rings (SSSR count). The van der Waals surface area contributed by atoms with Crippen LogP contribution in [-0.4, -0.2) is 22.7 Å². The Morgan fingerprint density at radius 3 is 2.41 bits per heavy atom. The van der Waals surface area contributed by atoms with E-state index < -0.39 is 0 Å². The fraction of sp³-hybridized carbons (Fsp3) is 0.615. The summed E-state index contributed by atoms with van der Waals surface area (Å²) in [4.78, 5) is 6.55. The van der Waals surface area contributed by atoms with E-state index >= 15 is 0 Å². The van der Waals surface area contributed by atoms with E-state index in [2.05, 4.69) is 37.6 Å². The van der Waals surface area contributed by atoms with Crippen LogP contribution in [0.1, 0.15) is 33.3 Å². The summed E-state index contributed by atoms with van der Waals surface area (Å²) >= 11 is 6.22. The molecule has 0 spiro atoms. The molecule has 0 radical (unpaired) electrons. The van der Waals surface area contributed by atoms with Crippen molar-refractivity contribution in [2.75, 3.05) is 11.4 Å². The number of hydrogen-bond donors (Lipinski definition) is 1. The van der Waals surface area contributed by atoms with E-state index in [0.717, 1.165) is 17.9 Å². The van der Waals surface area contributed by atoms with E-state index in [1.807, 2.05) is 0 Å². The molecule has 4 heteroatoms. The summed E-state index contributed by atoms with van der Waals surface area (Å²) in [6.07, 6.45) is 1.68. The average Bonchev–Trinajstić information content (AvgIpc) is 2.25. The maximum atomic E-state index is 9.03. The molecule has 1 aromatic rings. The van der Waals surface area contributed by atoms with Crippen molar-refractivity contribution in [3.8, 4) is 0 Å². The number of halogens is 1. The third-order valence-corrected chi connectivity index (χ3v) is 2.80. The third-order valence-electron chi connectivity index (χ3n) is 2.52. The minimum atomic E-state index is -0.0289. The maximum absolute atomic E-state index is 9.03. The van der Waals surface area contributed by atoms with Crippen molar-refractivity contribution >= 4 is 17.4 Å². The summed E-state index contributed by atoms with van der Waals surface area (Å²) in [6, 6.07) is 2.13. The van der Waals surface area contributed by atoms with Gasteiger partial charge < -0.3 is 10.0 Å². The smallest absolute Gasteiger partial charge is 0.147 e. The lowest BCUT2D eigenvalue weighted by molar-refractivity contribution is 0.281. The Morgan fingerprint density at radius 2 is 2.00 bits per heavy atom. The Hall–Kier alpha value is -0.800. The summed E-state index contributed by atoms with van der Waals surface area (Å²) < 4.78 is 0. The van der Waals surface area contributed by atoms with Gasteiger partial charge in [-0.25, -0.2) is 4.98 Å². The van der Waals surface area contributed by atoms with E-state index in [9.17, 15) is 0 Å². The van der Waals surface area contributed by atoms with Gasteiger partial charge in [0.25, 0.3) is 0 Å². The quantitative estimate of drug-likeness (QED) is 0.880. The number of aliphatic hydroxyl groups is 1. The van der Waals surface area contributed by atoms with Gasteiger partial charge in [-0.15, -0.1) is 0 Å². The van der Waals surface area contributed by atoms with E-state index in [4.69, 9.17) is 16.7 Å². The largest absolute Gasteiger partial charge is 0.392 e. The van der Waals surface area contributed by atoms with Gasteiger partial charge in [0, 0.05) is 18.8 Å². The molecule has 0 unspecified atom stereocenters. The van der Waals surface area contributed by atoms with Crippen LogP contribution >= 0.6 is 11.6 Å². The van der Waals surface area contributed by atoms with Crippen LogP contribution in [0.15, 0.2) is 12.3 Å². The molecule has 1 N–H and O–H groups in total. The number of pyridine rings is 1. The molecule has 0 atom stereocenters. The molecule has 0 saturated carbocycles. The first kappa shape index (κ1) is 14.3. The molecule has 0 aliphatic heterocycles. The van der Waals surface area contributed by atoms with Crippen LogP contribution in [0.4, 0.5) is 5.82 Å². The standard InChI is InChI=1S/C13H21ClN2O/c1-9(2)7-16(10(3)4)13-12(14)5-11(8-17)6-15-13/h5-6,9-10,17H,7-8H2,1-4H3. The topological polar surface area (TPSA) is 36.4 Å². The molecule has 0 aromatic carbocycles. The Bertz CT molecular complexity index is 366. The second-order valence-electron chi connectivity index (χ2n) is 4.95. The van der Waals surface area contributed by atoms with Crippen molar-refractivity contribution in [1.82, 2.24) is 4.98 Å². The van der Waals surface area contributed by atoms with Crippen molar-refractivity contribution in [3.63, 3.8) is 0 Å². The highest BCUT2D eigenvalue weighted by Gasteiger charge is 2.16. The molecule has 0 aliphatic carbocycles. The van der Waals surface area contributed by atoms with Crippen LogP contribution in [0, 0.1) is 5.92 Å². The minimum absolute atomic E-state index is 0.0289. The van der Waals surface area contributed by atoms with Crippen molar-refractivity contribution in [1.29, 1.82) is 0 Å². The van der Waals surface area contributed by atoms with Crippen molar-refractivity contribution < 1.29 is 5.11 Å². The predicted molar refractivity (Wildman–Crippen MR) is 72.5 cm³/mol. The predicted octanol–water partition coefficient (Wildman–Crippen LogP) is 3.10. The van der Waals surface area contributed by atoms with Crippen molar-refractivity contribution in [2.24, 2.45) is 5.92 Å². The second kappa shape index (κ2) is 6.22.